The highest BCUT2D eigenvalue weighted by Gasteiger charge is 2.12. The number of unbranched alkanes of at least 4 members (excludes halogenated alkanes) is 1. The molecule has 0 amide bonds. The smallest absolute Gasteiger partial charge is 0.0469 e. The van der Waals surface area contributed by atoms with Crippen LogP contribution < -0.4 is 5.32 Å². The molecule has 1 unspecified atom stereocenters. The molecule has 2 nitrogen and oxygen atoms in total. The zero-order valence-electron chi connectivity index (χ0n) is 11.0. The van der Waals surface area contributed by atoms with Crippen LogP contribution in [0.15, 0.2) is 0 Å². The summed E-state index contributed by atoms with van der Waals surface area (Å²) in [5.41, 5.74) is 0. The molecule has 92 valence electrons. The van der Waals surface area contributed by atoms with Crippen LogP contribution in [0.5, 0.6) is 0 Å². The van der Waals surface area contributed by atoms with E-state index in [2.05, 4.69) is 33.0 Å². The Morgan fingerprint density at radius 3 is 2.40 bits per heavy atom. The van der Waals surface area contributed by atoms with Crippen molar-refractivity contribution >= 4 is 0 Å². The molecule has 0 saturated heterocycles. The fraction of sp³-hybridized carbons (Fsp3) is 1.00. The van der Waals surface area contributed by atoms with Gasteiger partial charge < -0.3 is 10.1 Å². The van der Waals surface area contributed by atoms with Gasteiger partial charge in [0, 0.05) is 13.2 Å². The van der Waals surface area contributed by atoms with E-state index in [-0.39, 0.29) is 0 Å². The minimum atomic E-state index is 0.749. The van der Waals surface area contributed by atoms with Crippen LogP contribution in [0, 0.1) is 11.8 Å². The molecule has 0 aliphatic rings. The van der Waals surface area contributed by atoms with Gasteiger partial charge in [-0.3, -0.25) is 0 Å². The largest absolute Gasteiger partial charge is 0.381 e. The number of hydrogen-bond acceptors (Lipinski definition) is 2. The number of hydrogen-bond donors (Lipinski definition) is 1. The molecule has 15 heavy (non-hydrogen) atoms. The van der Waals surface area contributed by atoms with Crippen LogP contribution >= 0.6 is 0 Å². The zero-order chi connectivity index (χ0) is 11.5. The second kappa shape index (κ2) is 10.4. The van der Waals surface area contributed by atoms with E-state index in [1.807, 2.05) is 0 Å². The predicted molar refractivity (Wildman–Crippen MR) is 67.2 cm³/mol. The van der Waals surface area contributed by atoms with Gasteiger partial charge in [0.15, 0.2) is 0 Å². The van der Waals surface area contributed by atoms with E-state index in [1.54, 1.807) is 0 Å². The van der Waals surface area contributed by atoms with E-state index in [4.69, 9.17) is 4.74 Å². The van der Waals surface area contributed by atoms with Gasteiger partial charge in [-0.05, 0) is 37.8 Å². The molecule has 0 aromatic rings. The van der Waals surface area contributed by atoms with Crippen molar-refractivity contribution in [1.82, 2.24) is 5.32 Å². The fourth-order valence-electron chi connectivity index (χ4n) is 1.58. The van der Waals surface area contributed by atoms with Crippen LogP contribution in [0.2, 0.25) is 0 Å². The quantitative estimate of drug-likeness (QED) is 0.565. The summed E-state index contributed by atoms with van der Waals surface area (Å²) in [4.78, 5) is 0. The maximum atomic E-state index is 5.61. The lowest BCUT2D eigenvalue weighted by Crippen LogP contribution is -2.27. The molecule has 0 heterocycles. The third-order valence-corrected chi connectivity index (χ3v) is 2.87. The Hall–Kier alpha value is -0.0800. The molecule has 0 aromatic carbocycles. The molecule has 0 fully saturated rings. The Balaban J connectivity index is 3.48. The first kappa shape index (κ1) is 14.9. The fourth-order valence-corrected chi connectivity index (χ4v) is 1.58. The molecule has 0 aromatic heterocycles. The van der Waals surface area contributed by atoms with Crippen molar-refractivity contribution in [2.24, 2.45) is 11.8 Å². The van der Waals surface area contributed by atoms with E-state index >= 15 is 0 Å². The van der Waals surface area contributed by atoms with Gasteiger partial charge in [-0.2, -0.15) is 0 Å². The Bertz CT molecular complexity index is 126. The third kappa shape index (κ3) is 8.88. The highest BCUT2D eigenvalue weighted by molar-refractivity contribution is 4.65. The Morgan fingerprint density at radius 1 is 1.13 bits per heavy atom. The second-order valence-electron chi connectivity index (χ2n) is 4.57. The summed E-state index contributed by atoms with van der Waals surface area (Å²) >= 11 is 0. The molecule has 1 N–H and O–H groups in total. The molecule has 1 atom stereocenters. The van der Waals surface area contributed by atoms with Gasteiger partial charge >= 0.3 is 0 Å². The molecule has 0 aliphatic carbocycles. The molecule has 0 aliphatic heterocycles. The summed E-state index contributed by atoms with van der Waals surface area (Å²) in [6.45, 7) is 13.0. The van der Waals surface area contributed by atoms with E-state index in [0.717, 1.165) is 38.1 Å². The van der Waals surface area contributed by atoms with Crippen LogP contribution in [0.4, 0.5) is 0 Å². The van der Waals surface area contributed by atoms with Crippen molar-refractivity contribution < 1.29 is 4.74 Å². The molecular weight excluding hydrogens is 186 g/mol. The highest BCUT2D eigenvalue weighted by Crippen LogP contribution is 2.14. The van der Waals surface area contributed by atoms with Crippen molar-refractivity contribution in [1.29, 1.82) is 0 Å². The molecule has 0 bridgehead atoms. The van der Waals surface area contributed by atoms with Gasteiger partial charge in [0.05, 0.1) is 0 Å². The Labute approximate surface area is 95.8 Å². The van der Waals surface area contributed by atoms with Crippen LogP contribution in [-0.4, -0.2) is 26.3 Å². The topological polar surface area (TPSA) is 21.3 Å². The SMILES string of the molecule is CCCCOCCC(CNCC)C(C)C. The van der Waals surface area contributed by atoms with Gasteiger partial charge in [-0.25, -0.2) is 0 Å². The zero-order valence-corrected chi connectivity index (χ0v) is 11.0. The van der Waals surface area contributed by atoms with Crippen LogP contribution in [0.3, 0.4) is 0 Å². The standard InChI is InChI=1S/C13H29NO/c1-5-7-9-15-10-8-13(12(3)4)11-14-6-2/h12-14H,5-11H2,1-4H3. The lowest BCUT2D eigenvalue weighted by molar-refractivity contribution is 0.110. The van der Waals surface area contributed by atoms with Crippen molar-refractivity contribution in [3.63, 3.8) is 0 Å². The average molecular weight is 215 g/mol. The number of ether oxygens (including phenoxy) is 1. The molecule has 0 rings (SSSR count). The number of nitrogens with one attached hydrogen (secondary N) is 1. The van der Waals surface area contributed by atoms with E-state index < -0.39 is 0 Å². The average Bonchev–Trinajstić information content (AvgIpc) is 2.21. The summed E-state index contributed by atoms with van der Waals surface area (Å²) in [6, 6.07) is 0. The third-order valence-electron chi connectivity index (χ3n) is 2.87. The van der Waals surface area contributed by atoms with Gasteiger partial charge in [0.25, 0.3) is 0 Å². The van der Waals surface area contributed by atoms with Gasteiger partial charge in [0.2, 0.25) is 0 Å². The van der Waals surface area contributed by atoms with Gasteiger partial charge in [-0.1, -0.05) is 34.1 Å². The minimum Gasteiger partial charge on any atom is -0.381 e. The molecular formula is C13H29NO. The Kier molecular flexibility index (Phi) is 10.4. The summed E-state index contributed by atoms with van der Waals surface area (Å²) in [6.07, 6.45) is 3.61. The molecule has 0 radical (unpaired) electrons. The molecule has 2 heteroatoms. The predicted octanol–water partition coefficient (Wildman–Crippen LogP) is 3.07. The minimum absolute atomic E-state index is 0.749. The van der Waals surface area contributed by atoms with Crippen molar-refractivity contribution in [2.75, 3.05) is 26.3 Å². The highest BCUT2D eigenvalue weighted by atomic mass is 16.5. The molecule has 0 spiro atoms. The Morgan fingerprint density at radius 2 is 1.87 bits per heavy atom. The van der Waals surface area contributed by atoms with Crippen molar-refractivity contribution in [2.45, 2.75) is 47.0 Å². The van der Waals surface area contributed by atoms with Gasteiger partial charge in [-0.15, -0.1) is 0 Å². The van der Waals surface area contributed by atoms with E-state index in [1.165, 1.54) is 19.3 Å². The lowest BCUT2D eigenvalue weighted by Gasteiger charge is -2.21. The van der Waals surface area contributed by atoms with Crippen molar-refractivity contribution in [3.8, 4) is 0 Å². The van der Waals surface area contributed by atoms with Crippen LogP contribution in [0.1, 0.15) is 47.0 Å². The summed E-state index contributed by atoms with van der Waals surface area (Å²) in [7, 11) is 0. The summed E-state index contributed by atoms with van der Waals surface area (Å²) in [5, 5.41) is 3.43. The van der Waals surface area contributed by atoms with Crippen LogP contribution in [-0.2, 0) is 4.74 Å². The van der Waals surface area contributed by atoms with Crippen LogP contribution in [0.25, 0.3) is 0 Å². The normalized spacial score (nSPS) is 13.4. The number of rotatable bonds is 10. The molecule has 0 saturated carbocycles. The lowest BCUT2D eigenvalue weighted by atomic mass is 9.93. The first-order valence-electron chi connectivity index (χ1n) is 6.50. The maximum absolute atomic E-state index is 5.61. The van der Waals surface area contributed by atoms with E-state index in [0.29, 0.717) is 0 Å². The first-order chi connectivity index (χ1) is 7.22. The summed E-state index contributed by atoms with van der Waals surface area (Å²) in [5.74, 6) is 1.51. The van der Waals surface area contributed by atoms with E-state index in [9.17, 15) is 0 Å². The maximum Gasteiger partial charge on any atom is 0.0469 e. The monoisotopic (exact) mass is 215 g/mol. The van der Waals surface area contributed by atoms with Gasteiger partial charge in [0.1, 0.15) is 0 Å². The second-order valence-corrected chi connectivity index (χ2v) is 4.57. The first-order valence-corrected chi connectivity index (χ1v) is 6.50. The van der Waals surface area contributed by atoms with Crippen molar-refractivity contribution in [3.05, 3.63) is 0 Å². The summed E-state index contributed by atoms with van der Waals surface area (Å²) < 4.78 is 5.61.